The number of fused-ring (bicyclic) bond motifs is 2. The van der Waals surface area contributed by atoms with Crippen LogP contribution in [0.1, 0.15) is 63.1 Å². The molecule has 0 aliphatic heterocycles. The van der Waals surface area contributed by atoms with E-state index in [9.17, 15) is 4.79 Å². The van der Waals surface area contributed by atoms with Crippen LogP contribution >= 0.6 is 0 Å². The Bertz CT molecular complexity index is 915. The number of aryl methyl sites for hydroxylation is 1. The van der Waals surface area contributed by atoms with Gasteiger partial charge in [0.15, 0.2) is 0 Å². The monoisotopic (exact) mass is 436 g/mol. The summed E-state index contributed by atoms with van der Waals surface area (Å²) in [5, 5.41) is 0. The lowest BCUT2D eigenvalue weighted by molar-refractivity contribution is -0.140. The third kappa shape index (κ3) is 4.56. The lowest BCUT2D eigenvalue weighted by Crippen LogP contribution is -2.37. The molecule has 0 radical (unpaired) electrons. The Morgan fingerprint density at radius 3 is 2.12 bits per heavy atom. The minimum atomic E-state index is -0.187. The van der Waals surface area contributed by atoms with Crippen LogP contribution in [-0.2, 0) is 33.9 Å². The Morgan fingerprint density at radius 1 is 0.938 bits per heavy atom. The average Bonchev–Trinajstić information content (AvgIpc) is 3.14. The van der Waals surface area contributed by atoms with E-state index in [0.717, 1.165) is 22.8 Å². The van der Waals surface area contributed by atoms with E-state index < -0.39 is 0 Å². The van der Waals surface area contributed by atoms with E-state index in [2.05, 4.69) is 49.8 Å². The molecule has 4 rings (SSSR count). The van der Waals surface area contributed by atoms with E-state index in [4.69, 9.17) is 9.47 Å². The number of hydrogen-bond acceptors (Lipinski definition) is 4. The lowest BCUT2D eigenvalue weighted by atomic mass is 9.70. The predicted octanol–water partition coefficient (Wildman–Crippen LogP) is 6.10. The van der Waals surface area contributed by atoms with Gasteiger partial charge in [0.05, 0.1) is 19.8 Å². The normalized spacial score (nSPS) is 25.6. The third-order valence-corrected chi connectivity index (χ3v) is 8.36. The highest BCUT2D eigenvalue weighted by Gasteiger charge is 2.61. The number of hydrogen-bond donors (Lipinski definition) is 0. The Kier molecular flexibility index (Phi) is 6.62. The average molecular weight is 437 g/mol. The Balaban J connectivity index is 1.24. The molecule has 3 atom stereocenters. The van der Waals surface area contributed by atoms with Crippen molar-refractivity contribution in [3.05, 3.63) is 65.2 Å². The molecular weight excluding hydrogens is 400 g/mol. The number of benzene rings is 2. The molecular formula is C28H36O4. The Hall–Kier alpha value is -2.33. The second kappa shape index (κ2) is 9.27. The van der Waals surface area contributed by atoms with Crippen LogP contribution in [0.15, 0.2) is 48.5 Å². The van der Waals surface area contributed by atoms with Crippen molar-refractivity contribution in [3.63, 3.8) is 0 Å². The third-order valence-electron chi connectivity index (χ3n) is 8.36. The first-order chi connectivity index (χ1) is 15.3. The number of carbonyl (C=O) groups is 1. The van der Waals surface area contributed by atoms with Gasteiger partial charge in [-0.25, -0.2) is 0 Å². The maximum Gasteiger partial charge on any atom is 0.305 e. The first-order valence-electron chi connectivity index (χ1n) is 11.8. The van der Waals surface area contributed by atoms with E-state index in [1.54, 1.807) is 0 Å². The van der Waals surface area contributed by atoms with Crippen LogP contribution in [0, 0.1) is 16.7 Å². The van der Waals surface area contributed by atoms with E-state index in [-0.39, 0.29) is 5.97 Å². The lowest BCUT2D eigenvalue weighted by Gasteiger charge is -2.38. The smallest absolute Gasteiger partial charge is 0.305 e. The molecule has 2 aromatic carbocycles. The fourth-order valence-electron chi connectivity index (χ4n) is 5.58. The molecule has 0 aromatic heterocycles. The number of carbonyl (C=O) groups excluding carboxylic acids is 1. The van der Waals surface area contributed by atoms with Crippen LogP contribution in [0.5, 0.6) is 5.75 Å². The summed E-state index contributed by atoms with van der Waals surface area (Å²) in [6, 6.07) is 16.4. The minimum absolute atomic E-state index is 0.187. The molecule has 172 valence electrons. The second-order valence-corrected chi connectivity index (χ2v) is 10.2. The molecule has 0 spiro atoms. The molecule has 2 fully saturated rings. The van der Waals surface area contributed by atoms with Crippen molar-refractivity contribution in [2.24, 2.45) is 16.7 Å². The summed E-state index contributed by atoms with van der Waals surface area (Å²) in [4.78, 5) is 11.3. The summed E-state index contributed by atoms with van der Waals surface area (Å²) in [6.45, 7) is 8.49. The maximum absolute atomic E-state index is 11.3. The van der Waals surface area contributed by atoms with Gasteiger partial charge in [-0.3, -0.25) is 4.79 Å². The molecule has 2 aliphatic carbocycles. The highest BCUT2D eigenvalue weighted by Crippen LogP contribution is 2.66. The minimum Gasteiger partial charge on any atom is -0.489 e. The molecule has 2 saturated carbocycles. The molecule has 0 N–H and O–H groups in total. The first-order valence-corrected chi connectivity index (χ1v) is 11.8. The van der Waals surface area contributed by atoms with E-state index >= 15 is 0 Å². The zero-order chi connectivity index (χ0) is 22.8. The number of ether oxygens (including phenoxy) is 3. The van der Waals surface area contributed by atoms with Crippen molar-refractivity contribution in [1.29, 1.82) is 0 Å². The van der Waals surface area contributed by atoms with Crippen LogP contribution in [0.2, 0.25) is 0 Å². The number of esters is 1. The maximum atomic E-state index is 11.3. The molecule has 0 amide bonds. The van der Waals surface area contributed by atoms with Gasteiger partial charge in [-0.2, -0.15) is 0 Å². The molecule has 0 unspecified atom stereocenters. The topological polar surface area (TPSA) is 44.8 Å². The molecule has 2 aromatic rings. The van der Waals surface area contributed by atoms with Crippen LogP contribution in [-0.4, -0.2) is 19.2 Å². The Morgan fingerprint density at radius 2 is 1.56 bits per heavy atom. The zero-order valence-corrected chi connectivity index (χ0v) is 19.9. The van der Waals surface area contributed by atoms with Crippen LogP contribution in [0.4, 0.5) is 0 Å². The highest BCUT2D eigenvalue weighted by molar-refractivity contribution is 5.69. The van der Waals surface area contributed by atoms with Gasteiger partial charge >= 0.3 is 5.97 Å². The molecule has 2 aliphatic rings. The Labute approximate surface area is 192 Å². The van der Waals surface area contributed by atoms with Gasteiger partial charge in [0.1, 0.15) is 12.4 Å². The summed E-state index contributed by atoms with van der Waals surface area (Å²) in [7, 11) is 1.42. The summed E-state index contributed by atoms with van der Waals surface area (Å²) in [5.74, 6) is 1.44. The second-order valence-electron chi connectivity index (χ2n) is 10.2. The van der Waals surface area contributed by atoms with E-state index in [1.165, 1.54) is 31.9 Å². The SMILES string of the molecule is COC(=O)CCc1ccc(OCc2ccc(CO[C@@H]3C[C@@H]4CC[C@@]3(C)C4(C)C)cc2)cc1. The van der Waals surface area contributed by atoms with Crippen LogP contribution < -0.4 is 4.74 Å². The molecule has 2 bridgehead atoms. The quantitative estimate of drug-likeness (QED) is 0.445. The van der Waals surface area contributed by atoms with Crippen molar-refractivity contribution < 1.29 is 19.0 Å². The molecule has 0 saturated heterocycles. The molecule has 32 heavy (non-hydrogen) atoms. The van der Waals surface area contributed by atoms with Gasteiger partial charge < -0.3 is 14.2 Å². The summed E-state index contributed by atoms with van der Waals surface area (Å²) >= 11 is 0. The molecule has 4 nitrogen and oxygen atoms in total. The van der Waals surface area contributed by atoms with Gasteiger partial charge in [0, 0.05) is 6.42 Å². The van der Waals surface area contributed by atoms with Gasteiger partial charge in [-0.1, -0.05) is 57.2 Å². The van der Waals surface area contributed by atoms with Gasteiger partial charge in [-0.15, -0.1) is 0 Å². The summed E-state index contributed by atoms with van der Waals surface area (Å²) in [5.41, 5.74) is 4.14. The first kappa shape index (κ1) is 22.8. The van der Waals surface area contributed by atoms with Crippen molar-refractivity contribution in [1.82, 2.24) is 0 Å². The van der Waals surface area contributed by atoms with Crippen molar-refractivity contribution >= 4 is 5.97 Å². The summed E-state index contributed by atoms with van der Waals surface area (Å²) in [6.07, 6.45) is 5.29. The van der Waals surface area contributed by atoms with Crippen LogP contribution in [0.25, 0.3) is 0 Å². The van der Waals surface area contributed by atoms with Gasteiger partial charge in [0.25, 0.3) is 0 Å². The molecule has 4 heteroatoms. The van der Waals surface area contributed by atoms with Crippen molar-refractivity contribution in [2.45, 2.75) is 72.2 Å². The largest absolute Gasteiger partial charge is 0.489 e. The standard InChI is InChI=1S/C28H36O4/c1-27(2)23-15-16-28(27,3)25(17-23)32-19-22-7-5-21(6-8-22)18-31-24-12-9-20(10-13-24)11-14-26(29)30-4/h5-10,12-13,23,25H,11,14-19H2,1-4H3/t23-,25+,28+/m0/s1. The van der Waals surface area contributed by atoms with E-state index in [1.807, 2.05) is 24.3 Å². The summed E-state index contributed by atoms with van der Waals surface area (Å²) < 4.78 is 17.0. The zero-order valence-electron chi connectivity index (χ0n) is 19.9. The number of methoxy groups -OCH3 is 1. The predicted molar refractivity (Wildman–Crippen MR) is 125 cm³/mol. The van der Waals surface area contributed by atoms with Gasteiger partial charge in [-0.05, 0) is 71.3 Å². The molecule has 0 heterocycles. The number of rotatable bonds is 9. The fourth-order valence-corrected chi connectivity index (χ4v) is 5.58. The van der Waals surface area contributed by atoms with Crippen LogP contribution in [0.3, 0.4) is 0 Å². The van der Waals surface area contributed by atoms with Crippen molar-refractivity contribution in [2.75, 3.05) is 7.11 Å². The highest BCUT2D eigenvalue weighted by atomic mass is 16.5. The van der Waals surface area contributed by atoms with Crippen molar-refractivity contribution in [3.8, 4) is 5.75 Å². The van der Waals surface area contributed by atoms with E-state index in [0.29, 0.717) is 43.0 Å². The fraction of sp³-hybridized carbons (Fsp3) is 0.536. The van der Waals surface area contributed by atoms with Gasteiger partial charge in [0.2, 0.25) is 0 Å².